The topological polar surface area (TPSA) is 100 Å². The number of nitrogens with zero attached hydrogens (tertiary/aromatic N) is 2. The number of pyridine rings is 2. The highest BCUT2D eigenvalue weighted by Crippen LogP contribution is 2.30. The lowest BCUT2D eigenvalue weighted by Crippen LogP contribution is -2.40. The van der Waals surface area contributed by atoms with E-state index in [1.807, 2.05) is 54.6 Å². The zero-order valence-electron chi connectivity index (χ0n) is 22.2. The van der Waals surface area contributed by atoms with Crippen molar-refractivity contribution in [2.24, 2.45) is 5.92 Å². The maximum absolute atomic E-state index is 12.2. The van der Waals surface area contributed by atoms with E-state index in [1.54, 1.807) is 6.20 Å². The molecule has 1 aliphatic carbocycles. The quantitative estimate of drug-likeness (QED) is 0.266. The molecule has 0 spiro atoms. The van der Waals surface area contributed by atoms with Crippen LogP contribution in [0.1, 0.15) is 44.1 Å². The van der Waals surface area contributed by atoms with E-state index >= 15 is 0 Å². The molecule has 0 radical (unpaired) electrons. The molecule has 1 atom stereocenters. The zero-order valence-corrected chi connectivity index (χ0v) is 22.9. The molecular formula is C30H37ClN6O2. The lowest BCUT2D eigenvalue weighted by atomic mass is 9.91. The third kappa shape index (κ3) is 8.07. The van der Waals surface area contributed by atoms with Crippen molar-refractivity contribution in [1.82, 2.24) is 20.6 Å². The predicted molar refractivity (Wildman–Crippen MR) is 156 cm³/mol. The molecule has 1 saturated carbocycles. The van der Waals surface area contributed by atoms with Gasteiger partial charge in [-0.15, -0.1) is 0 Å². The smallest absolute Gasteiger partial charge is 0.407 e. The molecule has 5 rings (SSSR count). The molecule has 3 aromatic rings. The summed E-state index contributed by atoms with van der Waals surface area (Å²) in [4.78, 5) is 21.6. The van der Waals surface area contributed by atoms with Crippen molar-refractivity contribution >= 4 is 29.3 Å². The number of carbonyl (C=O) groups is 1. The minimum Gasteiger partial charge on any atom is -0.445 e. The molecule has 206 valence electrons. The summed E-state index contributed by atoms with van der Waals surface area (Å²) in [5.74, 6) is 2.25. The van der Waals surface area contributed by atoms with Crippen molar-refractivity contribution in [3.63, 3.8) is 0 Å². The van der Waals surface area contributed by atoms with Crippen molar-refractivity contribution in [1.29, 1.82) is 0 Å². The average molecular weight is 549 g/mol. The van der Waals surface area contributed by atoms with Gasteiger partial charge in [-0.3, -0.25) is 0 Å². The van der Waals surface area contributed by atoms with Crippen LogP contribution < -0.4 is 21.3 Å². The van der Waals surface area contributed by atoms with Crippen LogP contribution in [0.4, 0.5) is 16.4 Å². The molecule has 0 unspecified atom stereocenters. The van der Waals surface area contributed by atoms with E-state index in [9.17, 15) is 4.79 Å². The number of hydrogen-bond acceptors (Lipinski definition) is 7. The lowest BCUT2D eigenvalue weighted by molar-refractivity contribution is 0.132. The molecule has 3 heterocycles. The largest absolute Gasteiger partial charge is 0.445 e. The van der Waals surface area contributed by atoms with Crippen LogP contribution in [-0.2, 0) is 11.3 Å². The highest BCUT2D eigenvalue weighted by molar-refractivity contribution is 6.33. The standard InChI is InChI=1S/C30H37ClN6O2/c31-26-19-34-29(16-25(26)27-9-4-10-28(37-27)33-18-22-8-5-15-32-17-22)35-23-11-13-24(14-12-23)36-30(38)39-20-21-6-2-1-3-7-21/h1-4,6-7,9-10,16,19,22-24,32H,5,8,11-15,17-18,20H2,(H,33,37)(H,34,35)(H,36,38)/t22-,23?,24?/m0/s1. The summed E-state index contributed by atoms with van der Waals surface area (Å²) in [6.07, 6.45) is 7.40. The Bertz CT molecular complexity index is 1210. The van der Waals surface area contributed by atoms with Crippen molar-refractivity contribution in [3.05, 3.63) is 71.4 Å². The maximum Gasteiger partial charge on any atom is 0.407 e. The number of rotatable bonds is 9. The SMILES string of the molecule is O=C(NC1CCC(Nc2cc(-c3cccc(NC[C@H]4CCCNC4)n3)c(Cl)cn2)CC1)OCc1ccccc1. The number of carbonyl (C=O) groups excluding carboxylic acids is 1. The van der Waals surface area contributed by atoms with E-state index in [2.05, 4.69) is 26.3 Å². The second kappa shape index (κ2) is 13.6. The van der Waals surface area contributed by atoms with Gasteiger partial charge in [0, 0.05) is 30.4 Å². The molecule has 2 fully saturated rings. The molecule has 0 bridgehead atoms. The predicted octanol–water partition coefficient (Wildman–Crippen LogP) is 5.86. The zero-order chi connectivity index (χ0) is 26.9. The molecule has 1 amide bonds. The maximum atomic E-state index is 12.2. The van der Waals surface area contributed by atoms with Crippen LogP contribution in [0.5, 0.6) is 0 Å². The van der Waals surface area contributed by atoms with Crippen LogP contribution in [0.15, 0.2) is 60.8 Å². The Morgan fingerprint density at radius 1 is 1.00 bits per heavy atom. The van der Waals surface area contributed by atoms with E-state index in [-0.39, 0.29) is 24.8 Å². The van der Waals surface area contributed by atoms with E-state index in [4.69, 9.17) is 21.3 Å². The summed E-state index contributed by atoms with van der Waals surface area (Å²) < 4.78 is 5.37. The van der Waals surface area contributed by atoms with E-state index in [1.165, 1.54) is 12.8 Å². The summed E-state index contributed by atoms with van der Waals surface area (Å²) in [5.41, 5.74) is 2.65. The fourth-order valence-corrected chi connectivity index (χ4v) is 5.47. The fraction of sp³-hybridized carbons (Fsp3) is 0.433. The van der Waals surface area contributed by atoms with Crippen LogP contribution in [0.25, 0.3) is 11.3 Å². The van der Waals surface area contributed by atoms with Crippen LogP contribution in [-0.4, -0.2) is 47.8 Å². The number of aromatic nitrogens is 2. The van der Waals surface area contributed by atoms with Gasteiger partial charge in [0.25, 0.3) is 0 Å². The molecule has 8 nitrogen and oxygen atoms in total. The van der Waals surface area contributed by atoms with Gasteiger partial charge in [0.2, 0.25) is 0 Å². The first-order chi connectivity index (χ1) is 19.1. The van der Waals surface area contributed by atoms with Gasteiger partial charge < -0.3 is 26.0 Å². The van der Waals surface area contributed by atoms with Gasteiger partial charge in [-0.25, -0.2) is 14.8 Å². The Hall–Kier alpha value is -3.36. The van der Waals surface area contributed by atoms with Gasteiger partial charge in [0.05, 0.1) is 10.7 Å². The number of anilines is 2. The minimum atomic E-state index is -0.362. The molecule has 4 N–H and O–H groups in total. The second-order valence-corrected chi connectivity index (χ2v) is 10.9. The molecular weight excluding hydrogens is 512 g/mol. The first kappa shape index (κ1) is 27.2. The molecule has 2 aliphatic rings. The highest BCUT2D eigenvalue weighted by Gasteiger charge is 2.23. The molecule has 1 aliphatic heterocycles. The number of nitrogens with one attached hydrogen (secondary N) is 4. The van der Waals surface area contributed by atoms with Crippen molar-refractivity contribution in [2.75, 3.05) is 30.3 Å². The van der Waals surface area contributed by atoms with Crippen LogP contribution in [0, 0.1) is 5.92 Å². The Balaban J connectivity index is 1.11. The van der Waals surface area contributed by atoms with Crippen molar-refractivity contribution < 1.29 is 9.53 Å². The monoisotopic (exact) mass is 548 g/mol. The van der Waals surface area contributed by atoms with Crippen molar-refractivity contribution in [3.8, 4) is 11.3 Å². The first-order valence-corrected chi connectivity index (χ1v) is 14.3. The summed E-state index contributed by atoms with van der Waals surface area (Å²) in [5, 5.41) is 14.1. The fourth-order valence-electron chi connectivity index (χ4n) is 5.27. The van der Waals surface area contributed by atoms with E-state index in [0.29, 0.717) is 10.9 Å². The molecule has 2 aromatic heterocycles. The minimum absolute atomic E-state index is 0.115. The molecule has 1 saturated heterocycles. The summed E-state index contributed by atoms with van der Waals surface area (Å²) >= 11 is 6.55. The van der Waals surface area contributed by atoms with Crippen molar-refractivity contribution in [2.45, 2.75) is 57.2 Å². The third-order valence-electron chi connectivity index (χ3n) is 7.47. The number of benzene rings is 1. The van der Waals surface area contributed by atoms with Crippen LogP contribution >= 0.6 is 11.6 Å². The van der Waals surface area contributed by atoms with Gasteiger partial charge in [-0.1, -0.05) is 48.0 Å². The normalized spacial score (nSPS) is 21.1. The Morgan fingerprint density at radius 3 is 2.62 bits per heavy atom. The molecule has 1 aromatic carbocycles. The average Bonchev–Trinajstić information content (AvgIpc) is 2.98. The van der Waals surface area contributed by atoms with Gasteiger partial charge >= 0.3 is 6.09 Å². The molecule has 9 heteroatoms. The number of ether oxygens (including phenoxy) is 1. The highest BCUT2D eigenvalue weighted by atomic mass is 35.5. The number of alkyl carbamates (subject to hydrolysis) is 1. The van der Waals surface area contributed by atoms with Crippen LogP contribution in [0.3, 0.4) is 0 Å². The van der Waals surface area contributed by atoms with Gasteiger partial charge in [-0.2, -0.15) is 0 Å². The molecule has 39 heavy (non-hydrogen) atoms. The van der Waals surface area contributed by atoms with Crippen LogP contribution in [0.2, 0.25) is 5.02 Å². The Kier molecular flexibility index (Phi) is 9.51. The number of halogens is 1. The first-order valence-electron chi connectivity index (χ1n) is 13.9. The van der Waals surface area contributed by atoms with Gasteiger partial charge in [-0.05, 0) is 81.3 Å². The Labute approximate surface area is 235 Å². The van der Waals surface area contributed by atoms with Gasteiger partial charge in [0.15, 0.2) is 0 Å². The number of piperidine rings is 1. The summed E-state index contributed by atoms with van der Waals surface area (Å²) in [6, 6.07) is 18.1. The van der Waals surface area contributed by atoms with E-state index in [0.717, 1.165) is 73.8 Å². The third-order valence-corrected chi connectivity index (χ3v) is 7.77. The number of amides is 1. The number of hydrogen-bond donors (Lipinski definition) is 4. The van der Waals surface area contributed by atoms with Gasteiger partial charge in [0.1, 0.15) is 18.2 Å². The lowest BCUT2D eigenvalue weighted by Gasteiger charge is -2.29. The van der Waals surface area contributed by atoms with E-state index < -0.39 is 0 Å². The Morgan fingerprint density at radius 2 is 1.82 bits per heavy atom. The second-order valence-electron chi connectivity index (χ2n) is 10.4. The summed E-state index contributed by atoms with van der Waals surface area (Å²) in [6.45, 7) is 3.35. The summed E-state index contributed by atoms with van der Waals surface area (Å²) in [7, 11) is 0.